The second-order valence-electron chi connectivity index (χ2n) is 9.80. The number of rotatable bonds is 6. The number of pyridine rings is 1. The average molecular weight is 501 g/mol. The number of piperidine rings is 1. The molecule has 0 spiro atoms. The Morgan fingerprint density at radius 1 is 1.14 bits per heavy atom. The summed E-state index contributed by atoms with van der Waals surface area (Å²) in [6.45, 7) is 5.05. The molecule has 3 heterocycles. The molecule has 0 saturated carbocycles. The number of H-pyrrole nitrogens is 1. The number of ether oxygens (including phenoxy) is 1. The number of imidazole rings is 1. The van der Waals surface area contributed by atoms with Crippen molar-refractivity contribution in [3.8, 4) is 5.75 Å². The van der Waals surface area contributed by atoms with Gasteiger partial charge in [0.25, 0.3) is 0 Å². The average Bonchev–Trinajstić information content (AvgIpc) is 3.32. The number of carbonyl (C=O) groups excluding carboxylic acids is 1. The highest BCUT2D eigenvalue weighted by molar-refractivity contribution is 6.09. The Morgan fingerprint density at radius 2 is 1.86 bits per heavy atom. The van der Waals surface area contributed by atoms with Crippen LogP contribution >= 0.6 is 0 Å². The van der Waals surface area contributed by atoms with Crippen LogP contribution in [0.15, 0.2) is 59.4 Å². The van der Waals surface area contributed by atoms with Crippen molar-refractivity contribution in [3.63, 3.8) is 0 Å². The zero-order valence-corrected chi connectivity index (χ0v) is 21.5. The van der Waals surface area contributed by atoms with E-state index in [-0.39, 0.29) is 23.3 Å². The Bertz CT molecular complexity index is 1430. The minimum Gasteiger partial charge on any atom is -0.507 e. The molecule has 1 aliphatic heterocycles. The quantitative estimate of drug-likeness (QED) is 0.477. The molecule has 2 aromatic heterocycles. The number of nitrogens with zero attached hydrogens (tertiary/aromatic N) is 3. The maximum atomic E-state index is 13.2. The Morgan fingerprint density at radius 3 is 2.57 bits per heavy atom. The van der Waals surface area contributed by atoms with E-state index in [1.807, 2.05) is 22.9 Å². The van der Waals surface area contributed by atoms with Crippen LogP contribution in [0.4, 0.5) is 5.82 Å². The summed E-state index contributed by atoms with van der Waals surface area (Å²) in [4.78, 5) is 35.6. The highest BCUT2D eigenvalue weighted by Crippen LogP contribution is 2.29. The molecule has 2 N–H and O–H groups in total. The number of aromatic amines is 1. The fourth-order valence-electron chi connectivity index (χ4n) is 5.21. The fourth-order valence-corrected chi connectivity index (χ4v) is 5.21. The second kappa shape index (κ2) is 10.1. The number of methoxy groups -OCH3 is 1. The van der Waals surface area contributed by atoms with Crippen molar-refractivity contribution in [1.82, 2.24) is 14.5 Å². The van der Waals surface area contributed by atoms with E-state index in [9.17, 15) is 14.7 Å². The number of hydrogen-bond donors (Lipinski definition) is 2. The van der Waals surface area contributed by atoms with Crippen molar-refractivity contribution in [2.24, 2.45) is 0 Å². The number of hydrogen-bond acceptors (Lipinski definition) is 6. The summed E-state index contributed by atoms with van der Waals surface area (Å²) in [5.41, 5.74) is 4.17. The van der Waals surface area contributed by atoms with E-state index in [1.165, 1.54) is 0 Å². The summed E-state index contributed by atoms with van der Waals surface area (Å²) in [6.07, 6.45) is 11.1. The fraction of sp³-hybridized carbons (Fsp3) is 0.345. The second-order valence-corrected chi connectivity index (χ2v) is 9.80. The molecule has 3 aromatic rings. The van der Waals surface area contributed by atoms with Gasteiger partial charge in [0.15, 0.2) is 5.78 Å². The molecule has 1 aromatic carbocycles. The van der Waals surface area contributed by atoms with Gasteiger partial charge in [-0.3, -0.25) is 9.36 Å². The predicted octanol–water partition coefficient (Wildman–Crippen LogP) is 4.67. The first-order valence-corrected chi connectivity index (χ1v) is 12.7. The molecule has 0 unspecified atom stereocenters. The highest BCUT2D eigenvalue weighted by Gasteiger charge is 2.24. The van der Waals surface area contributed by atoms with Crippen molar-refractivity contribution < 1.29 is 14.6 Å². The SMILES string of the molecule is COC1=CC(c2cn(C3CCN(c4cc(C(=O)c5cc(C)c(O)c(C)c5)ccn4)CC3)c(=O)[nH]2)=CCC1. The van der Waals surface area contributed by atoms with Gasteiger partial charge in [0.05, 0.1) is 18.6 Å². The van der Waals surface area contributed by atoms with E-state index in [2.05, 4.69) is 20.9 Å². The number of phenols is 1. The zero-order valence-electron chi connectivity index (χ0n) is 21.5. The zero-order chi connectivity index (χ0) is 26.1. The lowest BCUT2D eigenvalue weighted by atomic mass is 9.99. The van der Waals surface area contributed by atoms with Crippen molar-refractivity contribution in [2.45, 2.75) is 45.6 Å². The van der Waals surface area contributed by atoms with Crippen LogP contribution in [0.25, 0.3) is 5.57 Å². The van der Waals surface area contributed by atoms with Crippen LogP contribution in [0.2, 0.25) is 0 Å². The number of phenolic OH excluding ortho intramolecular Hbond substituents is 1. The standard InChI is InChI=1S/C29H32N4O4/c1-18-13-22(14-19(2)27(18)34)28(35)21-7-10-30-26(16-21)32-11-8-23(9-12-32)33-17-25(31-29(33)36)20-5-4-6-24(15-20)37-3/h5,7,10,13-17,23,34H,4,6,8-9,11-12H2,1-3H3,(H,31,36). The van der Waals surface area contributed by atoms with Crippen LogP contribution in [-0.2, 0) is 4.74 Å². The molecule has 0 bridgehead atoms. The summed E-state index contributed by atoms with van der Waals surface area (Å²) >= 11 is 0. The normalized spacial score (nSPS) is 16.4. The number of benzene rings is 1. The van der Waals surface area contributed by atoms with Crippen LogP contribution in [0, 0.1) is 13.8 Å². The first-order valence-electron chi connectivity index (χ1n) is 12.7. The summed E-state index contributed by atoms with van der Waals surface area (Å²) in [7, 11) is 1.67. The first-order chi connectivity index (χ1) is 17.8. The van der Waals surface area contributed by atoms with E-state index < -0.39 is 0 Å². The van der Waals surface area contributed by atoms with Gasteiger partial charge in [-0.2, -0.15) is 0 Å². The van der Waals surface area contributed by atoms with Gasteiger partial charge >= 0.3 is 5.69 Å². The number of allylic oxidation sites excluding steroid dienone is 4. The molecule has 192 valence electrons. The number of ketones is 1. The van der Waals surface area contributed by atoms with Crippen LogP contribution < -0.4 is 10.6 Å². The van der Waals surface area contributed by atoms with Gasteiger partial charge in [0.2, 0.25) is 0 Å². The number of aromatic nitrogens is 3. The molecule has 8 heteroatoms. The lowest BCUT2D eigenvalue weighted by Crippen LogP contribution is -2.37. The summed E-state index contributed by atoms with van der Waals surface area (Å²) in [6, 6.07) is 7.08. The summed E-state index contributed by atoms with van der Waals surface area (Å²) in [5, 5.41) is 10.0. The van der Waals surface area contributed by atoms with Crippen molar-refractivity contribution in [3.05, 3.63) is 93.0 Å². The van der Waals surface area contributed by atoms with E-state index in [4.69, 9.17) is 4.74 Å². The van der Waals surface area contributed by atoms with Crippen molar-refractivity contribution in [1.29, 1.82) is 0 Å². The molecular formula is C29H32N4O4. The molecular weight excluding hydrogens is 468 g/mol. The maximum Gasteiger partial charge on any atom is 0.326 e. The largest absolute Gasteiger partial charge is 0.507 e. The third-order valence-electron chi connectivity index (χ3n) is 7.33. The van der Waals surface area contributed by atoms with Gasteiger partial charge in [0.1, 0.15) is 11.6 Å². The Hall–Kier alpha value is -4.07. The lowest BCUT2D eigenvalue weighted by molar-refractivity contribution is 0.103. The van der Waals surface area contributed by atoms with Gasteiger partial charge in [-0.25, -0.2) is 9.78 Å². The summed E-state index contributed by atoms with van der Waals surface area (Å²) < 4.78 is 7.20. The third-order valence-corrected chi connectivity index (χ3v) is 7.33. The molecule has 0 radical (unpaired) electrons. The Balaban J connectivity index is 1.28. The van der Waals surface area contributed by atoms with E-state index in [1.54, 1.807) is 45.4 Å². The van der Waals surface area contributed by atoms with Crippen molar-refractivity contribution in [2.75, 3.05) is 25.1 Å². The maximum absolute atomic E-state index is 13.2. The van der Waals surface area contributed by atoms with Gasteiger partial charge < -0.3 is 19.7 Å². The highest BCUT2D eigenvalue weighted by atomic mass is 16.5. The lowest BCUT2D eigenvalue weighted by Gasteiger charge is -2.33. The molecule has 2 aliphatic rings. The molecule has 1 saturated heterocycles. The predicted molar refractivity (Wildman–Crippen MR) is 143 cm³/mol. The van der Waals surface area contributed by atoms with Gasteiger partial charge in [-0.1, -0.05) is 6.08 Å². The summed E-state index contributed by atoms with van der Waals surface area (Å²) in [5.74, 6) is 1.79. The molecule has 0 atom stereocenters. The van der Waals surface area contributed by atoms with E-state index in [0.29, 0.717) is 22.3 Å². The topological polar surface area (TPSA) is 100 Å². The van der Waals surface area contributed by atoms with Crippen LogP contribution in [0.5, 0.6) is 5.75 Å². The van der Waals surface area contributed by atoms with Crippen LogP contribution in [-0.4, -0.2) is 45.6 Å². The molecule has 1 aliphatic carbocycles. The van der Waals surface area contributed by atoms with Crippen LogP contribution in [0.3, 0.4) is 0 Å². The Labute approximate surface area is 215 Å². The molecule has 0 amide bonds. The van der Waals surface area contributed by atoms with E-state index >= 15 is 0 Å². The van der Waals surface area contributed by atoms with Gasteiger partial charge in [-0.15, -0.1) is 0 Å². The molecule has 37 heavy (non-hydrogen) atoms. The number of anilines is 1. The Kier molecular flexibility index (Phi) is 6.74. The third kappa shape index (κ3) is 4.96. The number of carbonyl (C=O) groups is 1. The first kappa shape index (κ1) is 24.6. The van der Waals surface area contributed by atoms with Gasteiger partial charge in [-0.05, 0) is 80.2 Å². The molecule has 5 rings (SSSR count). The van der Waals surface area contributed by atoms with Gasteiger partial charge in [0, 0.05) is 49.1 Å². The number of nitrogens with one attached hydrogen (secondary N) is 1. The molecule has 1 fully saturated rings. The number of aryl methyl sites for hydroxylation is 2. The van der Waals surface area contributed by atoms with E-state index in [0.717, 1.165) is 61.6 Å². The molecule has 8 nitrogen and oxygen atoms in total. The monoisotopic (exact) mass is 500 g/mol. The minimum atomic E-state index is -0.0995. The van der Waals surface area contributed by atoms with Crippen LogP contribution in [0.1, 0.15) is 64.5 Å². The number of aromatic hydroxyl groups is 1. The van der Waals surface area contributed by atoms with Crippen molar-refractivity contribution >= 4 is 17.2 Å². The minimum absolute atomic E-state index is 0.0941. The smallest absolute Gasteiger partial charge is 0.326 e.